The lowest BCUT2D eigenvalue weighted by molar-refractivity contribution is -0.162. The molecule has 0 radical (unpaired) electrons. The number of Topliss-reactive ketones (excluding diaryl/α,β-unsaturated/α-hetero) is 2. The van der Waals surface area contributed by atoms with Gasteiger partial charge in [-0.05, 0) is 31.9 Å². The predicted octanol–water partition coefficient (Wildman–Crippen LogP) is -0.297. The maximum absolute atomic E-state index is 12.2. The van der Waals surface area contributed by atoms with Gasteiger partial charge in [-0.1, -0.05) is 13.0 Å². The number of ketones is 2. The van der Waals surface area contributed by atoms with Crippen molar-refractivity contribution in [1.29, 1.82) is 0 Å². The molecule has 0 spiro atoms. The molecule has 8 nitrogen and oxygen atoms in total. The average molecular weight is 314 g/mol. The van der Waals surface area contributed by atoms with Crippen LogP contribution in [-0.4, -0.2) is 45.8 Å². The number of aliphatic carboxylic acids is 2. The minimum atomic E-state index is -2.81. The van der Waals surface area contributed by atoms with Crippen molar-refractivity contribution in [1.82, 2.24) is 0 Å². The largest absolute Gasteiger partial charge is 0.481 e. The molecule has 6 N–H and O–H groups in total. The van der Waals surface area contributed by atoms with Gasteiger partial charge in [-0.25, -0.2) is 4.79 Å². The zero-order valence-electron chi connectivity index (χ0n) is 12.5. The monoisotopic (exact) mass is 314 g/mol. The Morgan fingerprint density at radius 1 is 1.14 bits per heavy atom. The van der Waals surface area contributed by atoms with Crippen LogP contribution in [0.2, 0.25) is 0 Å². The van der Waals surface area contributed by atoms with Crippen molar-refractivity contribution in [2.24, 2.45) is 17.4 Å². The molecule has 0 aliphatic rings. The Balaban J connectivity index is 5.48. The number of nitrogens with two attached hydrogens (primary N) is 2. The van der Waals surface area contributed by atoms with Crippen LogP contribution in [-0.2, 0) is 19.2 Å². The van der Waals surface area contributed by atoms with Crippen molar-refractivity contribution >= 4 is 23.5 Å². The first-order valence-electron chi connectivity index (χ1n) is 6.78. The minimum Gasteiger partial charge on any atom is -0.481 e. The van der Waals surface area contributed by atoms with Crippen molar-refractivity contribution in [3.8, 4) is 0 Å². The fourth-order valence-electron chi connectivity index (χ4n) is 1.98. The van der Waals surface area contributed by atoms with Gasteiger partial charge in [-0.15, -0.1) is 0 Å². The van der Waals surface area contributed by atoms with E-state index in [2.05, 4.69) is 6.58 Å². The molecule has 124 valence electrons. The van der Waals surface area contributed by atoms with Gasteiger partial charge in [0.1, 0.15) is 0 Å². The lowest BCUT2D eigenvalue weighted by atomic mass is 9.75. The average Bonchev–Trinajstić information content (AvgIpc) is 2.42. The van der Waals surface area contributed by atoms with Crippen LogP contribution in [0.25, 0.3) is 0 Å². The fraction of sp³-hybridized carbons (Fsp3) is 0.571. The van der Waals surface area contributed by atoms with Crippen LogP contribution in [0.4, 0.5) is 0 Å². The number of allylic oxidation sites excluding steroid dienone is 1. The van der Waals surface area contributed by atoms with Gasteiger partial charge in [0, 0.05) is 6.42 Å². The first-order chi connectivity index (χ1) is 10.1. The third-order valence-corrected chi connectivity index (χ3v) is 3.31. The Morgan fingerprint density at radius 2 is 1.68 bits per heavy atom. The molecule has 22 heavy (non-hydrogen) atoms. The molecule has 0 fully saturated rings. The molecule has 0 rings (SSSR count). The summed E-state index contributed by atoms with van der Waals surface area (Å²) < 4.78 is 0. The van der Waals surface area contributed by atoms with Crippen molar-refractivity contribution in [2.45, 2.75) is 38.1 Å². The lowest BCUT2D eigenvalue weighted by Crippen LogP contribution is -2.64. The standard InChI is InChI=1S/C14H22N2O6/c1-8(2)11(18)10(12(19)20)14(16,13(21)22)9(17)6-4-3-5-7-15/h10H,1,3-7,15-16H2,2H3,(H,19,20)(H,21,22). The van der Waals surface area contributed by atoms with Gasteiger partial charge in [0.25, 0.3) is 0 Å². The molecule has 2 atom stereocenters. The van der Waals surface area contributed by atoms with E-state index in [-0.39, 0.29) is 12.0 Å². The third-order valence-electron chi connectivity index (χ3n) is 3.31. The van der Waals surface area contributed by atoms with Gasteiger partial charge in [0.2, 0.25) is 0 Å². The Hall–Kier alpha value is -2.06. The van der Waals surface area contributed by atoms with E-state index in [0.717, 1.165) is 0 Å². The summed E-state index contributed by atoms with van der Waals surface area (Å²) in [7, 11) is 0. The van der Waals surface area contributed by atoms with Gasteiger partial charge in [-0.3, -0.25) is 14.4 Å². The Kier molecular flexibility index (Phi) is 7.61. The second kappa shape index (κ2) is 8.40. The van der Waals surface area contributed by atoms with E-state index >= 15 is 0 Å². The summed E-state index contributed by atoms with van der Waals surface area (Å²) in [4.78, 5) is 46.8. The number of carbonyl (C=O) groups excluding carboxylic acids is 2. The van der Waals surface area contributed by atoms with E-state index in [1.807, 2.05) is 0 Å². The second-order valence-electron chi connectivity index (χ2n) is 5.11. The van der Waals surface area contributed by atoms with E-state index < -0.39 is 35.0 Å². The summed E-state index contributed by atoms with van der Waals surface area (Å²) in [6, 6.07) is 0. The van der Waals surface area contributed by atoms with Crippen molar-refractivity contribution in [2.75, 3.05) is 6.54 Å². The Morgan fingerprint density at radius 3 is 2.05 bits per heavy atom. The maximum Gasteiger partial charge on any atom is 0.332 e. The number of hydrogen-bond acceptors (Lipinski definition) is 6. The van der Waals surface area contributed by atoms with Crippen LogP contribution in [0.1, 0.15) is 32.6 Å². The number of hydrogen-bond donors (Lipinski definition) is 4. The molecular weight excluding hydrogens is 292 g/mol. The van der Waals surface area contributed by atoms with Crippen molar-refractivity contribution in [3.63, 3.8) is 0 Å². The quantitative estimate of drug-likeness (QED) is 0.229. The summed E-state index contributed by atoms with van der Waals surface area (Å²) in [5.41, 5.74) is 7.88. The van der Waals surface area contributed by atoms with Gasteiger partial charge in [0.05, 0.1) is 0 Å². The lowest BCUT2D eigenvalue weighted by Gasteiger charge is -2.28. The third kappa shape index (κ3) is 4.47. The second-order valence-corrected chi connectivity index (χ2v) is 5.11. The minimum absolute atomic E-state index is 0.181. The highest BCUT2D eigenvalue weighted by Crippen LogP contribution is 2.24. The van der Waals surface area contributed by atoms with Gasteiger partial charge < -0.3 is 21.7 Å². The smallest absolute Gasteiger partial charge is 0.332 e. The summed E-state index contributed by atoms with van der Waals surface area (Å²) in [6.07, 6.45) is 1.29. The maximum atomic E-state index is 12.2. The number of carboxylic acids is 2. The molecule has 2 unspecified atom stereocenters. The Labute approximate surface area is 128 Å². The number of carbonyl (C=O) groups is 4. The first-order valence-corrected chi connectivity index (χ1v) is 6.78. The zero-order valence-corrected chi connectivity index (χ0v) is 12.5. The van der Waals surface area contributed by atoms with Gasteiger partial charge >= 0.3 is 11.9 Å². The van der Waals surface area contributed by atoms with Crippen molar-refractivity contribution in [3.05, 3.63) is 12.2 Å². The first kappa shape index (κ1) is 19.9. The van der Waals surface area contributed by atoms with Crippen LogP contribution in [0.3, 0.4) is 0 Å². The van der Waals surface area contributed by atoms with Gasteiger partial charge in [0.15, 0.2) is 23.0 Å². The predicted molar refractivity (Wildman–Crippen MR) is 78.0 cm³/mol. The fourth-order valence-corrected chi connectivity index (χ4v) is 1.98. The molecule has 0 heterocycles. The highest BCUT2D eigenvalue weighted by Gasteiger charge is 2.55. The van der Waals surface area contributed by atoms with E-state index in [1.54, 1.807) is 0 Å². The molecule has 0 aromatic rings. The van der Waals surface area contributed by atoms with E-state index in [4.69, 9.17) is 16.6 Å². The molecule has 0 bridgehead atoms. The Bertz CT molecular complexity index is 488. The summed E-state index contributed by atoms with van der Waals surface area (Å²) >= 11 is 0. The van der Waals surface area contributed by atoms with Crippen LogP contribution in [0.5, 0.6) is 0 Å². The molecule has 8 heteroatoms. The van der Waals surface area contributed by atoms with E-state index in [9.17, 15) is 24.3 Å². The molecule has 0 saturated heterocycles. The summed E-state index contributed by atoms with van der Waals surface area (Å²) in [5.74, 6) is -7.90. The van der Waals surface area contributed by atoms with Crippen LogP contribution in [0.15, 0.2) is 12.2 Å². The van der Waals surface area contributed by atoms with Crippen LogP contribution < -0.4 is 11.5 Å². The highest BCUT2D eigenvalue weighted by molar-refractivity contribution is 6.20. The van der Waals surface area contributed by atoms with Crippen molar-refractivity contribution < 1.29 is 29.4 Å². The highest BCUT2D eigenvalue weighted by atomic mass is 16.4. The molecule has 0 aliphatic heterocycles. The number of carboxylic acid groups (broad SMARTS) is 2. The molecule has 0 aromatic heterocycles. The van der Waals surface area contributed by atoms with E-state index in [1.165, 1.54) is 6.92 Å². The molecule has 0 aliphatic carbocycles. The van der Waals surface area contributed by atoms with Gasteiger partial charge in [-0.2, -0.15) is 0 Å². The summed E-state index contributed by atoms with van der Waals surface area (Å²) in [6.45, 7) is 4.94. The molecule has 0 aromatic carbocycles. The summed E-state index contributed by atoms with van der Waals surface area (Å²) in [5, 5.41) is 18.4. The number of unbranched alkanes of at least 4 members (excludes halogenated alkanes) is 2. The number of rotatable bonds is 11. The molecule has 0 amide bonds. The zero-order chi connectivity index (χ0) is 17.5. The topological polar surface area (TPSA) is 161 Å². The van der Waals surface area contributed by atoms with E-state index in [0.29, 0.717) is 25.8 Å². The molecular formula is C14H22N2O6. The normalized spacial score (nSPS) is 14.7. The van der Waals surface area contributed by atoms with Crippen LogP contribution in [0, 0.1) is 5.92 Å². The van der Waals surface area contributed by atoms with Crippen LogP contribution >= 0.6 is 0 Å². The molecule has 0 saturated carbocycles. The SMILES string of the molecule is C=C(C)C(=O)C(C(=O)O)C(N)(C(=O)O)C(=O)CCCCCN.